The highest BCUT2D eigenvalue weighted by atomic mass is 15.1. The Labute approximate surface area is 101 Å². The number of anilines is 2. The zero-order chi connectivity index (χ0) is 12.3. The molecule has 2 rings (SSSR count). The molecule has 0 amide bonds. The molecule has 0 aromatic carbocycles. The number of aryl methyl sites for hydroxylation is 1. The summed E-state index contributed by atoms with van der Waals surface area (Å²) in [6, 6.07) is 2.19. The van der Waals surface area contributed by atoms with E-state index < -0.39 is 0 Å². The Morgan fingerprint density at radius 2 is 2.35 bits per heavy atom. The van der Waals surface area contributed by atoms with Crippen LogP contribution in [0.1, 0.15) is 12.5 Å². The molecule has 2 aromatic heterocycles. The molecule has 0 saturated heterocycles. The lowest BCUT2D eigenvalue weighted by molar-refractivity contribution is 0.616. The Kier molecular flexibility index (Phi) is 3.27. The molecule has 2 heterocycles. The minimum Gasteiger partial charge on any atom is -0.397 e. The molecular formula is C12H17N5. The van der Waals surface area contributed by atoms with Crippen LogP contribution < -0.4 is 11.1 Å². The first-order valence-corrected chi connectivity index (χ1v) is 5.59. The third-order valence-electron chi connectivity index (χ3n) is 2.53. The molecule has 0 fully saturated rings. The summed E-state index contributed by atoms with van der Waals surface area (Å²) in [7, 11) is 0. The molecular weight excluding hydrogens is 214 g/mol. The fourth-order valence-electron chi connectivity index (χ4n) is 1.74. The molecule has 0 aliphatic heterocycles. The number of nitrogens with two attached hydrogens (primary N) is 1. The van der Waals surface area contributed by atoms with Gasteiger partial charge in [0.1, 0.15) is 5.82 Å². The van der Waals surface area contributed by atoms with Crippen LogP contribution in [0.2, 0.25) is 0 Å². The number of hydrogen-bond donors (Lipinski definition) is 2. The van der Waals surface area contributed by atoms with Crippen LogP contribution in [0.15, 0.2) is 31.0 Å². The minimum absolute atomic E-state index is 0.277. The molecule has 0 radical (unpaired) electrons. The van der Waals surface area contributed by atoms with Gasteiger partial charge < -0.3 is 15.6 Å². The van der Waals surface area contributed by atoms with E-state index in [1.807, 2.05) is 23.8 Å². The number of hydrogen-bond acceptors (Lipinski definition) is 4. The second-order valence-electron chi connectivity index (χ2n) is 4.24. The van der Waals surface area contributed by atoms with E-state index in [1.54, 1.807) is 18.7 Å². The Bertz CT molecular complexity index is 478. The summed E-state index contributed by atoms with van der Waals surface area (Å²) < 4.78 is 2.03. The van der Waals surface area contributed by atoms with Crippen molar-refractivity contribution in [3.8, 4) is 0 Å². The number of nitrogen functional groups attached to an aromatic ring is 1. The summed E-state index contributed by atoms with van der Waals surface area (Å²) in [5.41, 5.74) is 7.41. The van der Waals surface area contributed by atoms with E-state index in [9.17, 15) is 0 Å². The van der Waals surface area contributed by atoms with Crippen molar-refractivity contribution in [1.29, 1.82) is 0 Å². The Hall–Kier alpha value is -2.04. The summed E-state index contributed by atoms with van der Waals surface area (Å²) >= 11 is 0. The lowest BCUT2D eigenvalue weighted by Gasteiger charge is -2.16. The minimum atomic E-state index is 0.277. The molecule has 17 heavy (non-hydrogen) atoms. The first-order valence-electron chi connectivity index (χ1n) is 5.59. The van der Waals surface area contributed by atoms with Crippen molar-refractivity contribution in [2.24, 2.45) is 0 Å². The van der Waals surface area contributed by atoms with E-state index in [0.29, 0.717) is 5.69 Å². The van der Waals surface area contributed by atoms with Gasteiger partial charge in [-0.3, -0.25) is 0 Å². The van der Waals surface area contributed by atoms with Crippen LogP contribution in [-0.4, -0.2) is 20.6 Å². The van der Waals surface area contributed by atoms with Crippen LogP contribution >= 0.6 is 0 Å². The van der Waals surface area contributed by atoms with E-state index >= 15 is 0 Å². The maximum absolute atomic E-state index is 5.67. The SMILES string of the molecule is Cc1cc(N)cnc1NC(C)Cn1ccnc1. The molecule has 0 saturated carbocycles. The quantitative estimate of drug-likeness (QED) is 0.839. The van der Waals surface area contributed by atoms with Gasteiger partial charge in [-0.15, -0.1) is 0 Å². The zero-order valence-electron chi connectivity index (χ0n) is 10.1. The average Bonchev–Trinajstić information content (AvgIpc) is 2.75. The molecule has 0 bridgehead atoms. The van der Waals surface area contributed by atoms with E-state index in [4.69, 9.17) is 5.73 Å². The Morgan fingerprint density at radius 3 is 3.00 bits per heavy atom. The smallest absolute Gasteiger partial charge is 0.129 e. The molecule has 1 unspecified atom stereocenters. The van der Waals surface area contributed by atoms with Crippen LogP contribution in [0.3, 0.4) is 0 Å². The summed E-state index contributed by atoms with van der Waals surface area (Å²) in [4.78, 5) is 8.30. The normalized spacial score (nSPS) is 12.4. The zero-order valence-corrected chi connectivity index (χ0v) is 10.1. The van der Waals surface area contributed by atoms with E-state index in [2.05, 4.69) is 22.2 Å². The highest BCUT2D eigenvalue weighted by Crippen LogP contribution is 2.15. The van der Waals surface area contributed by atoms with Crippen LogP contribution in [0, 0.1) is 6.92 Å². The molecule has 0 aliphatic rings. The van der Waals surface area contributed by atoms with Crippen molar-refractivity contribution >= 4 is 11.5 Å². The van der Waals surface area contributed by atoms with Gasteiger partial charge in [0, 0.05) is 25.0 Å². The van der Waals surface area contributed by atoms with Crippen molar-refractivity contribution in [1.82, 2.24) is 14.5 Å². The van der Waals surface area contributed by atoms with Crippen LogP contribution in [0.5, 0.6) is 0 Å². The second-order valence-corrected chi connectivity index (χ2v) is 4.24. The van der Waals surface area contributed by atoms with Gasteiger partial charge in [-0.05, 0) is 25.5 Å². The maximum atomic E-state index is 5.67. The van der Waals surface area contributed by atoms with Gasteiger partial charge in [0.2, 0.25) is 0 Å². The van der Waals surface area contributed by atoms with Gasteiger partial charge in [-0.2, -0.15) is 0 Å². The van der Waals surface area contributed by atoms with Gasteiger partial charge in [0.05, 0.1) is 18.2 Å². The van der Waals surface area contributed by atoms with Crippen LogP contribution in [0.25, 0.3) is 0 Å². The summed E-state index contributed by atoms with van der Waals surface area (Å²) in [6.45, 7) is 4.96. The van der Waals surface area contributed by atoms with Gasteiger partial charge in [-0.1, -0.05) is 0 Å². The van der Waals surface area contributed by atoms with E-state index in [0.717, 1.165) is 17.9 Å². The van der Waals surface area contributed by atoms with Crippen molar-refractivity contribution in [2.75, 3.05) is 11.1 Å². The highest BCUT2D eigenvalue weighted by Gasteiger charge is 2.06. The maximum Gasteiger partial charge on any atom is 0.129 e. The van der Waals surface area contributed by atoms with Crippen molar-refractivity contribution < 1.29 is 0 Å². The average molecular weight is 231 g/mol. The van der Waals surface area contributed by atoms with E-state index in [1.165, 1.54) is 0 Å². The summed E-state index contributed by atoms with van der Waals surface area (Å²) in [5, 5.41) is 3.36. The standard InChI is InChI=1S/C12H17N5/c1-9-5-11(13)6-15-12(9)16-10(2)7-17-4-3-14-8-17/h3-6,8,10H,7,13H2,1-2H3,(H,15,16). The first kappa shape index (κ1) is 11.4. The van der Waals surface area contributed by atoms with Crippen LogP contribution in [-0.2, 0) is 6.54 Å². The van der Waals surface area contributed by atoms with Crippen molar-refractivity contribution in [3.63, 3.8) is 0 Å². The number of pyridine rings is 1. The Balaban J connectivity index is 2.00. The first-order chi connectivity index (χ1) is 8.15. The number of nitrogens with zero attached hydrogens (tertiary/aromatic N) is 3. The molecule has 3 N–H and O–H groups in total. The monoisotopic (exact) mass is 231 g/mol. The molecule has 2 aromatic rings. The molecule has 1 atom stereocenters. The number of imidazole rings is 1. The van der Waals surface area contributed by atoms with Crippen LogP contribution in [0.4, 0.5) is 11.5 Å². The molecule has 90 valence electrons. The summed E-state index contributed by atoms with van der Waals surface area (Å²) in [5.74, 6) is 0.881. The lowest BCUT2D eigenvalue weighted by Crippen LogP contribution is -2.22. The molecule has 0 spiro atoms. The fourth-order valence-corrected chi connectivity index (χ4v) is 1.74. The topological polar surface area (TPSA) is 68.8 Å². The lowest BCUT2D eigenvalue weighted by atomic mass is 10.2. The van der Waals surface area contributed by atoms with Crippen molar-refractivity contribution in [2.45, 2.75) is 26.4 Å². The van der Waals surface area contributed by atoms with E-state index in [-0.39, 0.29) is 6.04 Å². The largest absolute Gasteiger partial charge is 0.397 e. The fraction of sp³-hybridized carbons (Fsp3) is 0.333. The van der Waals surface area contributed by atoms with Gasteiger partial charge in [0.15, 0.2) is 0 Å². The van der Waals surface area contributed by atoms with Gasteiger partial charge in [-0.25, -0.2) is 9.97 Å². The predicted octanol–water partition coefficient (Wildman–Crippen LogP) is 1.67. The summed E-state index contributed by atoms with van der Waals surface area (Å²) in [6.07, 6.45) is 7.20. The molecule has 5 heteroatoms. The Morgan fingerprint density at radius 1 is 1.53 bits per heavy atom. The van der Waals surface area contributed by atoms with Gasteiger partial charge >= 0.3 is 0 Å². The second kappa shape index (κ2) is 4.86. The predicted molar refractivity (Wildman–Crippen MR) is 68.7 cm³/mol. The molecule has 5 nitrogen and oxygen atoms in total. The number of rotatable bonds is 4. The number of nitrogens with one attached hydrogen (secondary N) is 1. The third kappa shape index (κ3) is 2.96. The molecule has 0 aliphatic carbocycles. The highest BCUT2D eigenvalue weighted by molar-refractivity contribution is 5.51. The third-order valence-corrected chi connectivity index (χ3v) is 2.53. The van der Waals surface area contributed by atoms with Gasteiger partial charge in [0.25, 0.3) is 0 Å². The number of aromatic nitrogens is 3. The van der Waals surface area contributed by atoms with Crippen molar-refractivity contribution in [3.05, 3.63) is 36.5 Å².